The predicted octanol–water partition coefficient (Wildman–Crippen LogP) is 3.10. The normalized spacial score (nSPS) is 20.6. The van der Waals surface area contributed by atoms with E-state index in [4.69, 9.17) is 14.2 Å². The van der Waals surface area contributed by atoms with Crippen LogP contribution < -0.4 is 5.32 Å². The van der Waals surface area contributed by atoms with Gasteiger partial charge in [-0.2, -0.15) is 0 Å². The highest BCUT2D eigenvalue weighted by atomic mass is 16.8. The summed E-state index contributed by atoms with van der Waals surface area (Å²) in [6.07, 6.45) is 3.67. The number of fused-ring (bicyclic) bond motifs is 2. The number of rotatable bonds is 11. The first-order valence-electron chi connectivity index (χ1n) is 17.1. The molecule has 1 aliphatic heterocycles. The van der Waals surface area contributed by atoms with Gasteiger partial charge in [0.05, 0.1) is 12.2 Å². The van der Waals surface area contributed by atoms with Crippen LogP contribution in [-0.4, -0.2) is 103 Å². The van der Waals surface area contributed by atoms with E-state index in [1.165, 1.54) is 15.9 Å². The van der Waals surface area contributed by atoms with Crippen molar-refractivity contribution in [1.82, 2.24) is 15.1 Å². The molecule has 0 radical (unpaired) electrons. The molecule has 3 aromatic carbocycles. The van der Waals surface area contributed by atoms with Gasteiger partial charge in [0.25, 0.3) is 0 Å². The molecule has 2 aliphatic carbocycles. The van der Waals surface area contributed by atoms with E-state index in [1.54, 1.807) is 57.6 Å². The van der Waals surface area contributed by atoms with Crippen LogP contribution in [0.15, 0.2) is 96.6 Å². The van der Waals surface area contributed by atoms with Gasteiger partial charge < -0.3 is 34.4 Å². The molecule has 4 unspecified atom stereocenters. The summed E-state index contributed by atoms with van der Waals surface area (Å²) in [6.45, 7) is -0.192. The fraction of sp³-hybridized carbons (Fsp3) is 0.350. The van der Waals surface area contributed by atoms with Crippen LogP contribution in [0.2, 0.25) is 0 Å². The molecular weight excluding hydrogens is 650 g/mol. The van der Waals surface area contributed by atoms with Gasteiger partial charge in [0, 0.05) is 65.0 Å². The molecule has 2 N–H and O–H groups in total. The van der Waals surface area contributed by atoms with Crippen molar-refractivity contribution in [3.8, 4) is 0 Å². The fourth-order valence-corrected chi connectivity index (χ4v) is 6.90. The van der Waals surface area contributed by atoms with E-state index in [0.717, 1.165) is 16.7 Å². The summed E-state index contributed by atoms with van der Waals surface area (Å²) < 4.78 is 19.5. The zero-order valence-corrected chi connectivity index (χ0v) is 29.0. The quantitative estimate of drug-likeness (QED) is 0.231. The maximum absolute atomic E-state index is 14.3. The Balaban J connectivity index is 1.29. The highest BCUT2D eigenvalue weighted by molar-refractivity contribution is 5.98. The third kappa shape index (κ3) is 7.96. The molecule has 3 aromatic rings. The first kappa shape index (κ1) is 35.7. The van der Waals surface area contributed by atoms with Crippen molar-refractivity contribution in [1.29, 1.82) is 0 Å². The van der Waals surface area contributed by atoms with Gasteiger partial charge in [-0.1, -0.05) is 72.8 Å². The van der Waals surface area contributed by atoms with Crippen LogP contribution in [0.3, 0.4) is 0 Å². The number of esters is 1. The topological polar surface area (TPSA) is 135 Å². The molecule has 11 heteroatoms. The monoisotopic (exact) mass is 693 g/mol. The average Bonchev–Trinajstić information content (AvgIpc) is 3.69. The van der Waals surface area contributed by atoms with Crippen LogP contribution in [0.25, 0.3) is 6.08 Å². The van der Waals surface area contributed by atoms with Crippen LogP contribution in [0.1, 0.15) is 39.0 Å². The highest BCUT2D eigenvalue weighted by Crippen LogP contribution is 2.45. The Morgan fingerprint density at radius 2 is 1.61 bits per heavy atom. The summed E-state index contributed by atoms with van der Waals surface area (Å²) in [4.78, 5) is 56.6. The Bertz CT molecular complexity index is 1810. The number of hydrogen-bond acceptors (Lipinski definition) is 8. The first-order chi connectivity index (χ1) is 24.6. The van der Waals surface area contributed by atoms with Crippen molar-refractivity contribution in [2.75, 3.05) is 34.3 Å². The molecule has 4 atom stereocenters. The second-order valence-corrected chi connectivity index (χ2v) is 13.3. The predicted molar refractivity (Wildman–Crippen MR) is 189 cm³/mol. The lowest BCUT2D eigenvalue weighted by molar-refractivity contribution is -0.172. The number of aliphatic hydroxyl groups excluding tert-OH is 1. The number of carbonyl (C=O) groups is 4. The van der Waals surface area contributed by atoms with Gasteiger partial charge in [-0.15, -0.1) is 0 Å². The van der Waals surface area contributed by atoms with E-state index in [9.17, 15) is 24.3 Å². The maximum atomic E-state index is 14.3. The largest absolute Gasteiger partial charge is 0.456 e. The number of aliphatic hydroxyl groups is 1. The van der Waals surface area contributed by atoms with Gasteiger partial charge in [0.2, 0.25) is 17.7 Å². The lowest BCUT2D eigenvalue weighted by atomic mass is 9.90. The lowest BCUT2D eigenvalue weighted by Crippen LogP contribution is -2.51. The summed E-state index contributed by atoms with van der Waals surface area (Å²) in [6, 6.07) is 23.3. The first-order valence-corrected chi connectivity index (χ1v) is 17.1. The van der Waals surface area contributed by atoms with Gasteiger partial charge in [0.1, 0.15) is 24.4 Å². The number of benzene rings is 3. The zero-order valence-electron chi connectivity index (χ0n) is 29.0. The van der Waals surface area contributed by atoms with E-state index in [1.807, 2.05) is 54.6 Å². The second-order valence-electron chi connectivity index (χ2n) is 13.3. The van der Waals surface area contributed by atoms with E-state index < -0.39 is 47.9 Å². The Morgan fingerprint density at radius 3 is 2.29 bits per heavy atom. The average molecular weight is 694 g/mol. The molecule has 0 aromatic heterocycles. The van der Waals surface area contributed by atoms with Crippen LogP contribution in [0.5, 0.6) is 0 Å². The molecule has 0 bridgehead atoms. The number of nitrogens with one attached hydrogen (secondary N) is 1. The molecule has 1 heterocycles. The summed E-state index contributed by atoms with van der Waals surface area (Å²) in [5, 5.41) is 12.1. The highest BCUT2D eigenvalue weighted by Gasteiger charge is 2.55. The lowest BCUT2D eigenvalue weighted by Gasteiger charge is -2.33. The van der Waals surface area contributed by atoms with E-state index in [2.05, 4.69) is 5.32 Å². The van der Waals surface area contributed by atoms with Gasteiger partial charge in [-0.25, -0.2) is 4.79 Å². The Hall–Kier alpha value is -5.10. The molecule has 0 saturated carbocycles. The van der Waals surface area contributed by atoms with Crippen LogP contribution in [0, 0.1) is 0 Å². The number of ether oxygens (including phenoxy) is 3. The van der Waals surface area contributed by atoms with Crippen molar-refractivity contribution in [2.45, 2.75) is 55.8 Å². The molecule has 1 fully saturated rings. The number of nitrogens with zero attached hydrogens (tertiary/aromatic N) is 2. The van der Waals surface area contributed by atoms with Gasteiger partial charge >= 0.3 is 5.97 Å². The third-order valence-corrected chi connectivity index (χ3v) is 9.55. The summed E-state index contributed by atoms with van der Waals surface area (Å²) in [7, 11) is 4.85. The second kappa shape index (κ2) is 15.4. The fourth-order valence-electron chi connectivity index (χ4n) is 6.90. The standard InChI is InChI=1S/C40H43N3O8/c1-42(2)35(45)18-17-27-13-9-10-16-31(27)39(48)49-33-22-30(23-34-36(33)51-40(50-34)24-28-14-7-8-15-29(28)25-40)38(47)43(3)32(37(46)41-19-20-44)21-26-11-5-4-6-12-26/h4-18,23,32-34,36,44H,19-22,24-25H2,1-3H3,(H,41,46). The van der Waals surface area contributed by atoms with Crippen molar-refractivity contribution in [3.63, 3.8) is 0 Å². The molecule has 3 aliphatic rings. The van der Waals surface area contributed by atoms with Crippen molar-refractivity contribution < 1.29 is 38.5 Å². The molecule has 1 spiro atoms. The summed E-state index contributed by atoms with van der Waals surface area (Å²) >= 11 is 0. The minimum atomic E-state index is -0.988. The van der Waals surface area contributed by atoms with Crippen molar-refractivity contribution in [2.24, 2.45) is 0 Å². The molecule has 6 rings (SSSR count). The molecule has 266 valence electrons. The van der Waals surface area contributed by atoms with Crippen molar-refractivity contribution in [3.05, 3.63) is 124 Å². The molecule has 51 heavy (non-hydrogen) atoms. The van der Waals surface area contributed by atoms with E-state index in [0.29, 0.717) is 24.0 Å². The van der Waals surface area contributed by atoms with Crippen molar-refractivity contribution >= 4 is 29.8 Å². The zero-order chi connectivity index (χ0) is 36.1. The minimum absolute atomic E-state index is 0.0237. The summed E-state index contributed by atoms with van der Waals surface area (Å²) in [5.74, 6) is -2.68. The molecular formula is C40H43N3O8. The van der Waals surface area contributed by atoms with E-state index >= 15 is 0 Å². The number of amides is 3. The molecule has 1 saturated heterocycles. The van der Waals surface area contributed by atoms with Gasteiger partial charge in [-0.05, 0) is 40.5 Å². The number of hydrogen-bond donors (Lipinski definition) is 2. The van der Waals surface area contributed by atoms with E-state index in [-0.39, 0.29) is 37.5 Å². The summed E-state index contributed by atoms with van der Waals surface area (Å²) in [5.41, 5.74) is 4.15. The van der Waals surface area contributed by atoms with Crippen LogP contribution >= 0.6 is 0 Å². The van der Waals surface area contributed by atoms with Crippen LogP contribution in [-0.2, 0) is 47.9 Å². The molecule has 11 nitrogen and oxygen atoms in total. The Kier molecular flexibility index (Phi) is 10.8. The SMILES string of the molecule is CN(C)C(=O)C=Cc1ccccc1C(=O)OC1CC(C(=O)N(C)C(Cc2ccccc2)C(=O)NCCO)=CC2OC3(Cc4ccccc4C3)OC21. The number of likely N-dealkylation sites (N-methyl/N-ethyl adjacent to an activating group) is 2. The Labute approximate surface area is 297 Å². The van der Waals surface area contributed by atoms with Gasteiger partial charge in [-0.3, -0.25) is 14.4 Å². The smallest absolute Gasteiger partial charge is 0.339 e. The maximum Gasteiger partial charge on any atom is 0.339 e. The van der Waals surface area contributed by atoms with Crippen LogP contribution in [0.4, 0.5) is 0 Å². The Morgan fingerprint density at radius 1 is 0.941 bits per heavy atom. The third-order valence-electron chi connectivity index (χ3n) is 9.55. The molecule has 3 amide bonds. The number of carbonyl (C=O) groups excluding carboxylic acids is 4. The van der Waals surface area contributed by atoms with Gasteiger partial charge in [0.15, 0.2) is 5.79 Å². The minimum Gasteiger partial charge on any atom is -0.456 e.